The molecule has 0 atom stereocenters. The summed E-state index contributed by atoms with van der Waals surface area (Å²) in [5.74, 6) is 0.872. The van der Waals surface area contributed by atoms with Gasteiger partial charge in [0.1, 0.15) is 12.4 Å². The van der Waals surface area contributed by atoms with Crippen molar-refractivity contribution in [1.29, 1.82) is 0 Å². The van der Waals surface area contributed by atoms with Gasteiger partial charge in [-0.05, 0) is 48.9 Å². The maximum absolute atomic E-state index is 13.7. The van der Waals surface area contributed by atoms with Gasteiger partial charge in [-0.3, -0.25) is 5.43 Å². The zero-order valence-corrected chi connectivity index (χ0v) is 15.1. The Balaban J connectivity index is 1.69. The van der Waals surface area contributed by atoms with E-state index in [9.17, 15) is 4.39 Å². The van der Waals surface area contributed by atoms with Gasteiger partial charge >= 0.3 is 0 Å². The summed E-state index contributed by atoms with van der Waals surface area (Å²) >= 11 is 0. The van der Waals surface area contributed by atoms with E-state index < -0.39 is 0 Å². The normalized spacial score (nSPS) is 10.7. The van der Waals surface area contributed by atoms with Gasteiger partial charge in [0, 0.05) is 5.56 Å². The number of nitrogens with zero attached hydrogens (tertiary/aromatic N) is 1. The summed E-state index contributed by atoms with van der Waals surface area (Å²) in [5.41, 5.74) is 5.23. The van der Waals surface area contributed by atoms with E-state index in [0.29, 0.717) is 23.7 Å². The van der Waals surface area contributed by atoms with Crippen LogP contribution in [0.3, 0.4) is 0 Å². The highest BCUT2D eigenvalue weighted by molar-refractivity contribution is 5.81. The van der Waals surface area contributed by atoms with Crippen LogP contribution < -0.4 is 14.9 Å². The molecule has 0 saturated carbocycles. The predicted octanol–water partition coefficient (Wildman–Crippen LogP) is 5.25. The molecule has 0 aliphatic rings. The zero-order chi connectivity index (χ0) is 18.9. The van der Waals surface area contributed by atoms with E-state index in [1.54, 1.807) is 30.5 Å². The third-order valence-electron chi connectivity index (χ3n) is 3.79. The number of hydrazone groups is 1. The van der Waals surface area contributed by atoms with Crippen LogP contribution in [0.1, 0.15) is 18.1 Å². The molecule has 0 unspecified atom stereocenters. The van der Waals surface area contributed by atoms with Crippen LogP contribution in [-0.4, -0.2) is 12.8 Å². The molecule has 4 nitrogen and oxygen atoms in total. The number of nitrogens with one attached hydrogen (secondary N) is 1. The molecule has 1 N–H and O–H groups in total. The van der Waals surface area contributed by atoms with Gasteiger partial charge in [0.2, 0.25) is 0 Å². The standard InChI is InChI=1S/C22H21FN2O2/c1-2-26-22-14-17(15-24-25-19-9-4-3-5-10-19)12-13-21(22)27-16-18-8-6-7-11-20(18)23/h3-15,25H,2,16H2,1H3. The second kappa shape index (κ2) is 9.38. The van der Waals surface area contributed by atoms with Crippen LogP contribution in [0.4, 0.5) is 10.1 Å². The molecule has 27 heavy (non-hydrogen) atoms. The lowest BCUT2D eigenvalue weighted by molar-refractivity contribution is 0.266. The van der Waals surface area contributed by atoms with Crippen LogP contribution in [0.5, 0.6) is 11.5 Å². The van der Waals surface area contributed by atoms with E-state index in [2.05, 4.69) is 10.5 Å². The Morgan fingerprint density at radius 3 is 2.48 bits per heavy atom. The number of ether oxygens (including phenoxy) is 2. The van der Waals surface area contributed by atoms with Gasteiger partial charge in [-0.25, -0.2) is 4.39 Å². The quantitative estimate of drug-likeness (QED) is 0.438. The first-order valence-corrected chi connectivity index (χ1v) is 8.73. The van der Waals surface area contributed by atoms with Crippen LogP contribution >= 0.6 is 0 Å². The van der Waals surface area contributed by atoms with Crippen molar-refractivity contribution in [3.8, 4) is 11.5 Å². The van der Waals surface area contributed by atoms with Crippen molar-refractivity contribution in [2.24, 2.45) is 5.10 Å². The van der Waals surface area contributed by atoms with E-state index in [4.69, 9.17) is 9.47 Å². The molecule has 0 spiro atoms. The summed E-state index contributed by atoms with van der Waals surface area (Å²) in [6.45, 7) is 2.53. The number of halogens is 1. The highest BCUT2D eigenvalue weighted by Crippen LogP contribution is 2.29. The molecule has 0 bridgehead atoms. The number of hydrogen-bond acceptors (Lipinski definition) is 4. The molecule has 3 rings (SSSR count). The number of rotatable bonds is 8. The Bertz CT molecular complexity index is 898. The highest BCUT2D eigenvalue weighted by Gasteiger charge is 2.08. The fourth-order valence-electron chi connectivity index (χ4n) is 2.46. The Morgan fingerprint density at radius 2 is 1.70 bits per heavy atom. The highest BCUT2D eigenvalue weighted by atomic mass is 19.1. The van der Waals surface area contributed by atoms with Gasteiger partial charge in [0.25, 0.3) is 0 Å². The molecule has 0 aromatic heterocycles. The lowest BCUT2D eigenvalue weighted by Gasteiger charge is -2.13. The van der Waals surface area contributed by atoms with Crippen molar-refractivity contribution in [3.05, 3.63) is 89.7 Å². The Labute approximate surface area is 158 Å². The van der Waals surface area contributed by atoms with Crippen molar-refractivity contribution in [1.82, 2.24) is 0 Å². The van der Waals surface area contributed by atoms with Gasteiger partial charge in [0.05, 0.1) is 18.5 Å². The molecule has 0 saturated heterocycles. The summed E-state index contributed by atoms with van der Waals surface area (Å²) < 4.78 is 25.2. The smallest absolute Gasteiger partial charge is 0.161 e. The molecule has 138 valence electrons. The molecule has 0 amide bonds. The van der Waals surface area contributed by atoms with Crippen molar-refractivity contribution in [2.75, 3.05) is 12.0 Å². The number of hydrogen-bond donors (Lipinski definition) is 1. The van der Waals surface area contributed by atoms with Gasteiger partial charge in [-0.2, -0.15) is 5.10 Å². The fourth-order valence-corrected chi connectivity index (χ4v) is 2.46. The minimum Gasteiger partial charge on any atom is -0.490 e. The summed E-state index contributed by atoms with van der Waals surface area (Å²) in [5, 5.41) is 4.23. The summed E-state index contributed by atoms with van der Waals surface area (Å²) in [4.78, 5) is 0. The minimum absolute atomic E-state index is 0.135. The number of benzene rings is 3. The molecular weight excluding hydrogens is 343 g/mol. The molecular formula is C22H21FN2O2. The molecule has 5 heteroatoms. The number of anilines is 1. The fraction of sp³-hybridized carbons (Fsp3) is 0.136. The van der Waals surface area contributed by atoms with E-state index in [0.717, 1.165) is 11.3 Å². The molecule has 0 radical (unpaired) electrons. The van der Waals surface area contributed by atoms with Gasteiger partial charge in [-0.1, -0.05) is 36.4 Å². The monoisotopic (exact) mass is 364 g/mol. The largest absolute Gasteiger partial charge is 0.490 e. The first kappa shape index (κ1) is 18.5. The van der Waals surface area contributed by atoms with Crippen LogP contribution in [0.15, 0.2) is 77.9 Å². The lowest BCUT2D eigenvalue weighted by Crippen LogP contribution is -2.02. The first-order chi connectivity index (χ1) is 13.3. The summed E-state index contributed by atoms with van der Waals surface area (Å²) in [6.07, 6.45) is 1.70. The van der Waals surface area contributed by atoms with Crippen LogP contribution in [0, 0.1) is 5.82 Å². The average molecular weight is 364 g/mol. The van der Waals surface area contributed by atoms with Crippen LogP contribution in [0.2, 0.25) is 0 Å². The van der Waals surface area contributed by atoms with Crippen molar-refractivity contribution >= 4 is 11.9 Å². The molecule has 0 heterocycles. The van der Waals surface area contributed by atoms with E-state index in [-0.39, 0.29) is 12.4 Å². The van der Waals surface area contributed by atoms with Crippen LogP contribution in [-0.2, 0) is 6.61 Å². The van der Waals surface area contributed by atoms with E-state index in [1.165, 1.54) is 6.07 Å². The van der Waals surface area contributed by atoms with Gasteiger partial charge in [-0.15, -0.1) is 0 Å². The molecule has 0 fully saturated rings. The van der Waals surface area contributed by atoms with Crippen molar-refractivity contribution < 1.29 is 13.9 Å². The van der Waals surface area contributed by atoms with E-state index in [1.807, 2.05) is 49.4 Å². The molecule has 0 aliphatic heterocycles. The third-order valence-corrected chi connectivity index (χ3v) is 3.79. The third kappa shape index (κ3) is 5.31. The topological polar surface area (TPSA) is 42.8 Å². The van der Waals surface area contributed by atoms with Crippen molar-refractivity contribution in [3.63, 3.8) is 0 Å². The second-order valence-electron chi connectivity index (χ2n) is 5.76. The van der Waals surface area contributed by atoms with Crippen LogP contribution in [0.25, 0.3) is 0 Å². The first-order valence-electron chi connectivity index (χ1n) is 8.73. The average Bonchev–Trinajstić information content (AvgIpc) is 2.69. The molecule has 3 aromatic carbocycles. The minimum atomic E-state index is -0.286. The SMILES string of the molecule is CCOc1cc(C=NNc2ccccc2)ccc1OCc1ccccc1F. The Morgan fingerprint density at radius 1 is 0.926 bits per heavy atom. The molecule has 0 aliphatic carbocycles. The Kier molecular flexibility index (Phi) is 6.41. The van der Waals surface area contributed by atoms with E-state index >= 15 is 0 Å². The van der Waals surface area contributed by atoms with Gasteiger partial charge in [0.15, 0.2) is 11.5 Å². The maximum atomic E-state index is 13.7. The lowest BCUT2D eigenvalue weighted by atomic mass is 10.2. The van der Waals surface area contributed by atoms with Gasteiger partial charge < -0.3 is 9.47 Å². The number of para-hydroxylation sites is 1. The second-order valence-corrected chi connectivity index (χ2v) is 5.76. The zero-order valence-electron chi connectivity index (χ0n) is 15.1. The predicted molar refractivity (Wildman–Crippen MR) is 106 cm³/mol. The molecule has 3 aromatic rings. The summed E-state index contributed by atoms with van der Waals surface area (Å²) in [7, 11) is 0. The maximum Gasteiger partial charge on any atom is 0.161 e. The summed E-state index contributed by atoms with van der Waals surface area (Å²) in [6, 6.07) is 21.8. The Hall–Kier alpha value is -3.34. The van der Waals surface area contributed by atoms with Crippen molar-refractivity contribution in [2.45, 2.75) is 13.5 Å².